The highest BCUT2D eigenvalue weighted by atomic mass is 35.5. The van der Waals surface area contributed by atoms with Gasteiger partial charge < -0.3 is 15.0 Å². The van der Waals surface area contributed by atoms with Gasteiger partial charge in [-0.25, -0.2) is 0 Å². The van der Waals surface area contributed by atoms with Gasteiger partial charge in [-0.15, -0.1) is 0 Å². The number of hydrogen-bond acceptors (Lipinski definition) is 5. The molecule has 0 atom stereocenters. The zero-order valence-corrected chi connectivity index (χ0v) is 16.3. The summed E-state index contributed by atoms with van der Waals surface area (Å²) in [5.41, 5.74) is 1.47. The van der Waals surface area contributed by atoms with E-state index in [4.69, 9.17) is 16.3 Å². The molecule has 1 fully saturated rings. The van der Waals surface area contributed by atoms with Crippen molar-refractivity contribution in [3.8, 4) is 0 Å². The standard InChI is InChI=1S/C21H19ClN2O5/c22-16-7-3-15(4-8-16)21(28)23-12-20(27)29-13-18(25)14-5-9-17(10-6-14)24-11-1-2-19(24)26/h3-10H,1-2,11-13H2,(H,23,28). The molecule has 1 saturated heterocycles. The number of ketones is 1. The van der Waals surface area contributed by atoms with Gasteiger partial charge in [0.15, 0.2) is 12.4 Å². The van der Waals surface area contributed by atoms with Gasteiger partial charge in [-0.2, -0.15) is 0 Å². The Labute approximate surface area is 172 Å². The van der Waals surface area contributed by atoms with Crippen LogP contribution in [0.5, 0.6) is 0 Å². The normalized spacial score (nSPS) is 13.3. The second-order valence-electron chi connectivity index (χ2n) is 6.47. The molecule has 1 N–H and O–H groups in total. The molecule has 7 nitrogen and oxygen atoms in total. The zero-order valence-electron chi connectivity index (χ0n) is 15.5. The molecule has 0 spiro atoms. The van der Waals surface area contributed by atoms with E-state index >= 15 is 0 Å². The Balaban J connectivity index is 1.44. The number of nitrogens with one attached hydrogen (secondary N) is 1. The average Bonchev–Trinajstić information content (AvgIpc) is 3.16. The quantitative estimate of drug-likeness (QED) is 0.555. The lowest BCUT2D eigenvalue weighted by Gasteiger charge is -2.15. The highest BCUT2D eigenvalue weighted by Crippen LogP contribution is 2.21. The molecular formula is C21H19ClN2O5. The lowest BCUT2D eigenvalue weighted by Crippen LogP contribution is -2.31. The first-order chi connectivity index (χ1) is 13.9. The van der Waals surface area contributed by atoms with E-state index in [-0.39, 0.29) is 18.2 Å². The molecule has 0 bridgehead atoms. The van der Waals surface area contributed by atoms with Crippen molar-refractivity contribution in [1.82, 2.24) is 5.32 Å². The van der Waals surface area contributed by atoms with Gasteiger partial charge in [-0.3, -0.25) is 19.2 Å². The molecule has 3 rings (SSSR count). The fraction of sp³-hybridized carbons (Fsp3) is 0.238. The lowest BCUT2D eigenvalue weighted by molar-refractivity contribution is -0.141. The van der Waals surface area contributed by atoms with Gasteiger partial charge in [0, 0.05) is 34.8 Å². The van der Waals surface area contributed by atoms with Gasteiger partial charge in [0.05, 0.1) is 0 Å². The average molecular weight is 415 g/mol. The molecule has 150 valence electrons. The number of halogens is 1. The van der Waals surface area contributed by atoms with Gasteiger partial charge in [-0.05, 0) is 55.0 Å². The fourth-order valence-electron chi connectivity index (χ4n) is 2.88. The van der Waals surface area contributed by atoms with Crippen LogP contribution in [0.4, 0.5) is 5.69 Å². The Morgan fingerprint density at radius 1 is 1.00 bits per heavy atom. The van der Waals surface area contributed by atoms with E-state index in [1.807, 2.05) is 0 Å². The second kappa shape index (κ2) is 9.34. The molecule has 2 aromatic rings. The van der Waals surface area contributed by atoms with Crippen molar-refractivity contribution in [2.75, 3.05) is 24.6 Å². The monoisotopic (exact) mass is 414 g/mol. The Morgan fingerprint density at radius 2 is 1.66 bits per heavy atom. The van der Waals surface area contributed by atoms with Crippen molar-refractivity contribution in [2.24, 2.45) is 0 Å². The first-order valence-electron chi connectivity index (χ1n) is 9.07. The number of rotatable bonds is 7. The molecule has 29 heavy (non-hydrogen) atoms. The first kappa shape index (κ1) is 20.5. The smallest absolute Gasteiger partial charge is 0.325 e. The highest BCUT2D eigenvalue weighted by Gasteiger charge is 2.21. The number of carbonyl (C=O) groups is 4. The van der Waals surface area contributed by atoms with E-state index in [1.165, 1.54) is 12.1 Å². The summed E-state index contributed by atoms with van der Waals surface area (Å²) in [5, 5.41) is 2.92. The summed E-state index contributed by atoms with van der Waals surface area (Å²) in [6.07, 6.45) is 1.36. The highest BCUT2D eigenvalue weighted by molar-refractivity contribution is 6.30. The van der Waals surface area contributed by atoms with Crippen LogP contribution in [-0.2, 0) is 14.3 Å². The van der Waals surface area contributed by atoms with E-state index in [0.29, 0.717) is 29.1 Å². The second-order valence-corrected chi connectivity index (χ2v) is 6.91. The van der Waals surface area contributed by atoms with Gasteiger partial charge >= 0.3 is 5.97 Å². The van der Waals surface area contributed by atoms with Crippen LogP contribution in [0.25, 0.3) is 0 Å². The zero-order chi connectivity index (χ0) is 20.8. The summed E-state index contributed by atoms with van der Waals surface area (Å²) in [4.78, 5) is 49.3. The molecule has 1 heterocycles. The maximum atomic E-state index is 12.2. The summed E-state index contributed by atoms with van der Waals surface area (Å²) >= 11 is 5.76. The fourth-order valence-corrected chi connectivity index (χ4v) is 3.01. The van der Waals surface area contributed by atoms with Crippen molar-refractivity contribution >= 4 is 40.9 Å². The molecular weight excluding hydrogens is 396 g/mol. The summed E-state index contributed by atoms with van der Waals surface area (Å²) < 4.78 is 4.92. The Hall–Kier alpha value is -3.19. The Bertz CT molecular complexity index is 925. The largest absolute Gasteiger partial charge is 0.456 e. The van der Waals surface area contributed by atoms with Crippen LogP contribution < -0.4 is 10.2 Å². The van der Waals surface area contributed by atoms with Gasteiger partial charge in [0.2, 0.25) is 5.91 Å². The summed E-state index contributed by atoms with van der Waals surface area (Å²) in [6, 6.07) is 12.8. The minimum atomic E-state index is -0.722. The van der Waals surface area contributed by atoms with Crippen LogP contribution in [0.1, 0.15) is 33.6 Å². The predicted molar refractivity (Wildman–Crippen MR) is 107 cm³/mol. The topological polar surface area (TPSA) is 92.8 Å². The van der Waals surface area contributed by atoms with Crippen molar-refractivity contribution < 1.29 is 23.9 Å². The van der Waals surface area contributed by atoms with Crippen LogP contribution in [0.3, 0.4) is 0 Å². The number of esters is 1. The van der Waals surface area contributed by atoms with Crippen molar-refractivity contribution in [2.45, 2.75) is 12.8 Å². The van der Waals surface area contributed by atoms with Crippen LogP contribution in [-0.4, -0.2) is 43.3 Å². The van der Waals surface area contributed by atoms with E-state index in [1.54, 1.807) is 41.3 Å². The molecule has 1 aliphatic rings. The van der Waals surface area contributed by atoms with Crippen LogP contribution >= 0.6 is 11.6 Å². The van der Waals surface area contributed by atoms with Crippen molar-refractivity contribution in [3.05, 3.63) is 64.7 Å². The van der Waals surface area contributed by atoms with Gasteiger partial charge in [0.25, 0.3) is 5.91 Å². The number of Topliss-reactive ketones (excluding diaryl/α,β-unsaturated/α-hetero) is 1. The van der Waals surface area contributed by atoms with Gasteiger partial charge in [0.1, 0.15) is 6.54 Å². The van der Waals surface area contributed by atoms with E-state index in [2.05, 4.69) is 5.32 Å². The van der Waals surface area contributed by atoms with Crippen LogP contribution in [0, 0.1) is 0 Å². The third kappa shape index (κ3) is 5.42. The van der Waals surface area contributed by atoms with Gasteiger partial charge in [-0.1, -0.05) is 11.6 Å². The third-order valence-electron chi connectivity index (χ3n) is 4.44. The minimum absolute atomic E-state index is 0.0682. The summed E-state index contributed by atoms with van der Waals surface area (Å²) in [5.74, 6) is -1.47. The number of carbonyl (C=O) groups excluding carboxylic acids is 4. The minimum Gasteiger partial charge on any atom is -0.456 e. The Morgan fingerprint density at radius 3 is 2.28 bits per heavy atom. The third-order valence-corrected chi connectivity index (χ3v) is 4.69. The number of hydrogen-bond donors (Lipinski definition) is 1. The van der Waals surface area contributed by atoms with Crippen LogP contribution in [0.15, 0.2) is 48.5 Å². The van der Waals surface area contributed by atoms with Crippen molar-refractivity contribution in [3.63, 3.8) is 0 Å². The predicted octanol–water partition coefficient (Wildman–Crippen LogP) is 2.62. The van der Waals surface area contributed by atoms with Crippen molar-refractivity contribution in [1.29, 1.82) is 0 Å². The SMILES string of the molecule is O=C(CNC(=O)c1ccc(Cl)cc1)OCC(=O)c1ccc(N2CCCC2=O)cc1. The molecule has 2 amide bonds. The molecule has 1 aliphatic heterocycles. The maximum Gasteiger partial charge on any atom is 0.325 e. The summed E-state index contributed by atoms with van der Waals surface area (Å²) in [7, 11) is 0. The molecule has 0 aliphatic carbocycles. The maximum absolute atomic E-state index is 12.2. The Kier molecular flexibility index (Phi) is 6.61. The number of nitrogens with zero attached hydrogens (tertiary/aromatic N) is 1. The van der Waals surface area contributed by atoms with E-state index in [0.717, 1.165) is 12.1 Å². The molecule has 0 saturated carbocycles. The molecule has 0 unspecified atom stereocenters. The molecule has 8 heteroatoms. The molecule has 0 radical (unpaired) electrons. The van der Waals surface area contributed by atoms with Crippen LogP contribution in [0.2, 0.25) is 5.02 Å². The molecule has 0 aromatic heterocycles. The van der Waals surface area contributed by atoms with E-state index in [9.17, 15) is 19.2 Å². The molecule has 2 aromatic carbocycles. The number of ether oxygens (including phenoxy) is 1. The number of anilines is 1. The lowest BCUT2D eigenvalue weighted by atomic mass is 10.1. The first-order valence-corrected chi connectivity index (χ1v) is 9.45. The number of amides is 2. The summed E-state index contributed by atoms with van der Waals surface area (Å²) in [6.45, 7) is -0.117. The van der Waals surface area contributed by atoms with E-state index < -0.39 is 18.5 Å². The number of benzene rings is 2.